The highest BCUT2D eigenvalue weighted by Crippen LogP contribution is 2.46. The fourth-order valence-electron chi connectivity index (χ4n) is 4.29. The monoisotopic (exact) mass is 572 g/mol. The number of halogens is 2. The summed E-state index contributed by atoms with van der Waals surface area (Å²) in [5.74, 6) is -0.972. The number of anilines is 1. The molecule has 2 heterocycles. The third-order valence-electron chi connectivity index (χ3n) is 6.43. The molecule has 0 saturated carbocycles. The van der Waals surface area contributed by atoms with Gasteiger partial charge in [-0.25, -0.2) is 4.39 Å². The van der Waals surface area contributed by atoms with Gasteiger partial charge in [-0.15, -0.1) is 21.5 Å². The number of carbonyl (C=O) groups is 1. The maximum absolute atomic E-state index is 14.3. The molecule has 0 radical (unpaired) electrons. The quantitative estimate of drug-likeness (QED) is 0.187. The van der Waals surface area contributed by atoms with E-state index in [4.69, 9.17) is 16.4 Å². The summed E-state index contributed by atoms with van der Waals surface area (Å²) in [6.45, 7) is 9.80. The van der Waals surface area contributed by atoms with E-state index < -0.39 is 11.3 Å². The van der Waals surface area contributed by atoms with E-state index in [0.29, 0.717) is 16.8 Å². The Labute approximate surface area is 235 Å². The number of rotatable bonds is 11. The Hall–Kier alpha value is -2.69. The average molecular weight is 573 g/mol. The standard InChI is InChI=1S/C28H30ClFN4O2S2/c1-5-34(6-2)36-16-20-11-10-18(15-22(20)29)23-12-13-24(38-23)25(19-8-7-9-21(30)14-19)28(3,4)26(35)32-27-33-31-17-37-27/h7-15,17,25H,5-6,16H2,1-4H3,(H,32,33,35)/t25-/m0/s1. The van der Waals surface area contributed by atoms with Crippen molar-refractivity contribution >= 4 is 45.3 Å². The lowest BCUT2D eigenvalue weighted by atomic mass is 9.73. The van der Waals surface area contributed by atoms with Gasteiger partial charge in [-0.05, 0) is 47.0 Å². The van der Waals surface area contributed by atoms with Crippen LogP contribution in [0.15, 0.2) is 60.1 Å². The maximum atomic E-state index is 14.3. The van der Waals surface area contributed by atoms with Crippen LogP contribution in [0.1, 0.15) is 49.6 Å². The van der Waals surface area contributed by atoms with Crippen LogP contribution in [0.4, 0.5) is 9.52 Å². The van der Waals surface area contributed by atoms with Gasteiger partial charge >= 0.3 is 0 Å². The highest BCUT2D eigenvalue weighted by Gasteiger charge is 2.40. The van der Waals surface area contributed by atoms with Gasteiger partial charge in [0.2, 0.25) is 11.0 Å². The first kappa shape index (κ1) is 28.3. The summed E-state index contributed by atoms with van der Waals surface area (Å²) in [6.07, 6.45) is 0. The van der Waals surface area contributed by atoms with Gasteiger partial charge in [0, 0.05) is 33.8 Å². The van der Waals surface area contributed by atoms with Gasteiger partial charge in [0.1, 0.15) is 11.3 Å². The van der Waals surface area contributed by atoms with Crippen LogP contribution in [0.2, 0.25) is 5.02 Å². The SMILES string of the molecule is CCN(CC)OCc1ccc(-c2ccc([C@H](c3cccc(F)c3)C(C)(C)C(=O)Nc3nncs3)s2)cc1Cl. The average Bonchev–Trinajstić information content (AvgIpc) is 3.58. The largest absolute Gasteiger partial charge is 0.300 e. The summed E-state index contributed by atoms with van der Waals surface area (Å²) in [7, 11) is 0. The summed E-state index contributed by atoms with van der Waals surface area (Å²) in [4.78, 5) is 21.2. The fraction of sp³-hybridized carbons (Fsp3) is 0.321. The van der Waals surface area contributed by atoms with Gasteiger partial charge in [-0.2, -0.15) is 5.06 Å². The van der Waals surface area contributed by atoms with Crippen LogP contribution < -0.4 is 5.32 Å². The Morgan fingerprint density at radius 3 is 2.61 bits per heavy atom. The number of hydroxylamine groups is 2. The van der Waals surface area contributed by atoms with Crippen LogP contribution in [-0.2, 0) is 16.2 Å². The van der Waals surface area contributed by atoms with Gasteiger partial charge in [-0.3, -0.25) is 9.63 Å². The first-order chi connectivity index (χ1) is 18.2. The van der Waals surface area contributed by atoms with Crippen LogP contribution in [-0.4, -0.2) is 34.3 Å². The maximum Gasteiger partial charge on any atom is 0.232 e. The molecular formula is C28H30ClFN4O2S2. The number of hydrogen-bond donors (Lipinski definition) is 1. The van der Waals surface area contributed by atoms with Crippen molar-refractivity contribution in [2.45, 2.75) is 40.2 Å². The molecule has 0 aliphatic carbocycles. The Bertz CT molecular complexity index is 1370. The number of benzene rings is 2. The summed E-state index contributed by atoms with van der Waals surface area (Å²) in [6, 6.07) is 16.4. The van der Waals surface area contributed by atoms with E-state index in [2.05, 4.69) is 15.5 Å². The van der Waals surface area contributed by atoms with Gasteiger partial charge in [0.05, 0.1) is 12.0 Å². The number of aromatic nitrogens is 2. The molecule has 0 aliphatic rings. The van der Waals surface area contributed by atoms with Gasteiger partial charge in [0.25, 0.3) is 0 Å². The minimum absolute atomic E-state index is 0.223. The predicted octanol–water partition coefficient (Wildman–Crippen LogP) is 7.63. The summed E-state index contributed by atoms with van der Waals surface area (Å²) >= 11 is 9.42. The fourth-order valence-corrected chi connectivity index (χ4v) is 6.28. The smallest absolute Gasteiger partial charge is 0.232 e. The van der Waals surface area contributed by atoms with Crippen LogP contribution in [0.5, 0.6) is 0 Å². The molecule has 38 heavy (non-hydrogen) atoms. The van der Waals surface area contributed by atoms with E-state index in [9.17, 15) is 9.18 Å². The Morgan fingerprint density at radius 1 is 1.16 bits per heavy atom. The first-order valence-electron chi connectivity index (χ1n) is 12.3. The molecule has 2 aromatic carbocycles. The van der Waals surface area contributed by atoms with Gasteiger partial charge < -0.3 is 5.32 Å². The molecule has 6 nitrogen and oxygen atoms in total. The number of thiophene rings is 1. The number of nitrogens with zero attached hydrogens (tertiary/aromatic N) is 3. The number of nitrogens with one attached hydrogen (secondary N) is 1. The van der Waals surface area contributed by atoms with E-state index in [1.54, 1.807) is 22.9 Å². The van der Waals surface area contributed by atoms with Crippen LogP contribution in [0.3, 0.4) is 0 Å². The summed E-state index contributed by atoms with van der Waals surface area (Å²) < 4.78 is 14.3. The van der Waals surface area contributed by atoms with Crippen molar-refractivity contribution in [3.05, 3.63) is 87.0 Å². The lowest BCUT2D eigenvalue weighted by Gasteiger charge is -2.32. The molecule has 4 rings (SSSR count). The first-order valence-corrected chi connectivity index (χ1v) is 14.4. The van der Waals surface area contributed by atoms with E-state index in [-0.39, 0.29) is 11.7 Å². The van der Waals surface area contributed by atoms with Gasteiger partial charge in [-0.1, -0.05) is 74.9 Å². The van der Waals surface area contributed by atoms with Crippen molar-refractivity contribution in [2.24, 2.45) is 5.41 Å². The van der Waals surface area contributed by atoms with E-state index >= 15 is 0 Å². The molecule has 10 heteroatoms. The molecule has 1 N–H and O–H groups in total. The second-order valence-electron chi connectivity index (χ2n) is 9.30. The molecule has 200 valence electrons. The van der Waals surface area contributed by atoms with E-state index in [1.807, 2.05) is 69.2 Å². The number of amides is 1. The second kappa shape index (κ2) is 12.4. The molecule has 1 amide bonds. The summed E-state index contributed by atoms with van der Waals surface area (Å²) in [5.41, 5.74) is 3.23. The molecule has 0 bridgehead atoms. The van der Waals surface area contributed by atoms with Crippen molar-refractivity contribution in [3.8, 4) is 10.4 Å². The minimum atomic E-state index is -0.926. The lowest BCUT2D eigenvalue weighted by molar-refractivity contribution is -0.163. The van der Waals surface area contributed by atoms with E-state index in [1.165, 1.54) is 23.5 Å². The number of hydrogen-bond acceptors (Lipinski definition) is 7. The second-order valence-corrected chi connectivity index (χ2v) is 11.7. The van der Waals surface area contributed by atoms with Crippen LogP contribution >= 0.6 is 34.3 Å². The Morgan fingerprint density at radius 2 is 1.95 bits per heavy atom. The molecule has 1 atom stereocenters. The molecule has 0 saturated heterocycles. The molecule has 0 spiro atoms. The van der Waals surface area contributed by atoms with Crippen molar-refractivity contribution in [1.82, 2.24) is 15.3 Å². The molecular weight excluding hydrogens is 543 g/mol. The lowest BCUT2D eigenvalue weighted by Crippen LogP contribution is -2.36. The predicted molar refractivity (Wildman–Crippen MR) is 153 cm³/mol. The highest BCUT2D eigenvalue weighted by atomic mass is 35.5. The zero-order chi connectivity index (χ0) is 27.3. The number of carbonyl (C=O) groups excluding carboxylic acids is 1. The van der Waals surface area contributed by atoms with Crippen molar-refractivity contribution < 1.29 is 14.0 Å². The Balaban J connectivity index is 1.64. The molecule has 2 aromatic heterocycles. The van der Waals surface area contributed by atoms with Gasteiger partial charge in [0.15, 0.2) is 0 Å². The third kappa shape index (κ3) is 6.47. The summed E-state index contributed by atoms with van der Waals surface area (Å²) in [5, 5.41) is 13.5. The topological polar surface area (TPSA) is 67.3 Å². The molecule has 0 fully saturated rings. The highest BCUT2D eigenvalue weighted by molar-refractivity contribution is 7.15. The normalized spacial score (nSPS) is 12.6. The van der Waals surface area contributed by atoms with Crippen molar-refractivity contribution in [2.75, 3.05) is 18.4 Å². The molecule has 0 aliphatic heterocycles. The zero-order valence-corrected chi connectivity index (χ0v) is 24.1. The third-order valence-corrected chi connectivity index (χ3v) is 8.58. The minimum Gasteiger partial charge on any atom is -0.300 e. The van der Waals surface area contributed by atoms with Crippen LogP contribution in [0, 0.1) is 11.2 Å². The van der Waals surface area contributed by atoms with Crippen LogP contribution in [0.25, 0.3) is 10.4 Å². The van der Waals surface area contributed by atoms with Crippen molar-refractivity contribution in [3.63, 3.8) is 0 Å². The molecule has 4 aromatic rings. The van der Waals surface area contributed by atoms with Crippen molar-refractivity contribution in [1.29, 1.82) is 0 Å². The Kier molecular flexibility index (Phi) is 9.27. The zero-order valence-electron chi connectivity index (χ0n) is 21.7. The van der Waals surface area contributed by atoms with E-state index in [0.717, 1.165) is 39.5 Å². The molecule has 0 unspecified atom stereocenters.